The zero-order chi connectivity index (χ0) is 15.4. The summed E-state index contributed by atoms with van der Waals surface area (Å²) in [6.07, 6.45) is 0. The first kappa shape index (κ1) is 15.1. The van der Waals surface area contributed by atoms with Gasteiger partial charge in [-0.05, 0) is 37.1 Å². The maximum Gasteiger partial charge on any atom is 0.245 e. The normalized spacial score (nSPS) is 11.8. The summed E-state index contributed by atoms with van der Waals surface area (Å²) in [7, 11) is 1.57. The fourth-order valence-electron chi connectivity index (χ4n) is 2.06. The van der Waals surface area contributed by atoms with E-state index in [1.54, 1.807) is 7.11 Å². The molecule has 0 aliphatic rings. The first-order valence-corrected chi connectivity index (χ1v) is 6.79. The maximum absolute atomic E-state index is 12.3. The van der Waals surface area contributed by atoms with E-state index in [0.717, 1.165) is 16.7 Å². The van der Waals surface area contributed by atoms with Crippen molar-refractivity contribution in [2.45, 2.75) is 19.9 Å². The molecule has 2 aromatic carbocycles. The van der Waals surface area contributed by atoms with Crippen LogP contribution in [0.3, 0.4) is 0 Å². The molecule has 110 valence electrons. The Kier molecular flexibility index (Phi) is 4.60. The van der Waals surface area contributed by atoms with Crippen molar-refractivity contribution in [1.29, 1.82) is 0 Å². The molecule has 1 atom stereocenters. The van der Waals surface area contributed by atoms with Crippen LogP contribution in [0.1, 0.15) is 22.7 Å². The number of hydrogen-bond acceptors (Lipinski definition) is 3. The minimum absolute atomic E-state index is 0.261. The van der Waals surface area contributed by atoms with Crippen LogP contribution in [0.5, 0.6) is 5.75 Å². The molecule has 4 nitrogen and oxygen atoms in total. The highest BCUT2D eigenvalue weighted by Crippen LogP contribution is 2.26. The number of aryl methyl sites for hydroxylation is 2. The smallest absolute Gasteiger partial charge is 0.245 e. The largest absolute Gasteiger partial charge is 0.495 e. The van der Waals surface area contributed by atoms with Gasteiger partial charge in [0, 0.05) is 0 Å². The van der Waals surface area contributed by atoms with Gasteiger partial charge in [0.05, 0.1) is 12.8 Å². The molecule has 0 spiro atoms. The van der Waals surface area contributed by atoms with Gasteiger partial charge in [-0.2, -0.15) is 0 Å². The van der Waals surface area contributed by atoms with Crippen LogP contribution < -0.4 is 15.8 Å². The number of benzene rings is 2. The van der Waals surface area contributed by atoms with E-state index in [4.69, 9.17) is 10.5 Å². The Bertz CT molecular complexity index is 636. The highest BCUT2D eigenvalue weighted by molar-refractivity contribution is 5.96. The van der Waals surface area contributed by atoms with Crippen LogP contribution in [-0.2, 0) is 4.79 Å². The Labute approximate surface area is 124 Å². The lowest BCUT2D eigenvalue weighted by molar-refractivity contribution is -0.117. The molecule has 0 saturated heterocycles. The van der Waals surface area contributed by atoms with Gasteiger partial charge in [-0.3, -0.25) is 4.79 Å². The van der Waals surface area contributed by atoms with Gasteiger partial charge in [0.25, 0.3) is 0 Å². The van der Waals surface area contributed by atoms with Crippen molar-refractivity contribution < 1.29 is 9.53 Å². The van der Waals surface area contributed by atoms with Gasteiger partial charge in [-0.25, -0.2) is 0 Å². The van der Waals surface area contributed by atoms with E-state index >= 15 is 0 Å². The second kappa shape index (κ2) is 6.41. The number of carbonyl (C=O) groups excluding carboxylic acids is 1. The van der Waals surface area contributed by atoms with Crippen molar-refractivity contribution in [3.05, 3.63) is 59.2 Å². The molecule has 1 amide bonds. The first-order valence-electron chi connectivity index (χ1n) is 6.79. The van der Waals surface area contributed by atoms with Gasteiger partial charge < -0.3 is 15.8 Å². The number of carbonyl (C=O) groups is 1. The van der Waals surface area contributed by atoms with Gasteiger partial charge in [-0.15, -0.1) is 0 Å². The summed E-state index contributed by atoms with van der Waals surface area (Å²) in [5, 5.41) is 2.83. The summed E-state index contributed by atoms with van der Waals surface area (Å²) in [6, 6.07) is 12.5. The summed E-state index contributed by atoms with van der Waals surface area (Å²) in [4.78, 5) is 12.3. The van der Waals surface area contributed by atoms with Crippen LogP contribution in [0, 0.1) is 13.8 Å². The number of ether oxygens (including phenoxy) is 1. The topological polar surface area (TPSA) is 64.3 Å². The van der Waals surface area contributed by atoms with Crippen LogP contribution in [0.25, 0.3) is 0 Å². The Balaban J connectivity index is 2.17. The standard InChI is InChI=1S/C17H20N2O2/c1-11-4-7-13(8-5-11)16(18)17(20)19-14-10-12(2)6-9-15(14)21-3/h4-10,16H,18H2,1-3H3,(H,19,20). The summed E-state index contributed by atoms with van der Waals surface area (Å²) < 4.78 is 5.25. The lowest BCUT2D eigenvalue weighted by Gasteiger charge is -2.15. The van der Waals surface area contributed by atoms with Crippen LogP contribution >= 0.6 is 0 Å². The van der Waals surface area contributed by atoms with Crippen LogP contribution in [0.2, 0.25) is 0 Å². The summed E-state index contributed by atoms with van der Waals surface area (Å²) in [5.41, 5.74) is 9.59. The van der Waals surface area contributed by atoms with Gasteiger partial charge in [0.1, 0.15) is 11.8 Å². The Morgan fingerprint density at radius 2 is 1.71 bits per heavy atom. The van der Waals surface area contributed by atoms with E-state index in [-0.39, 0.29) is 5.91 Å². The average molecular weight is 284 g/mol. The third kappa shape index (κ3) is 3.61. The van der Waals surface area contributed by atoms with Gasteiger partial charge >= 0.3 is 0 Å². The second-order valence-electron chi connectivity index (χ2n) is 5.08. The number of amides is 1. The number of rotatable bonds is 4. The van der Waals surface area contributed by atoms with Crippen molar-refractivity contribution in [3.63, 3.8) is 0 Å². The summed E-state index contributed by atoms with van der Waals surface area (Å²) >= 11 is 0. The predicted molar refractivity (Wildman–Crippen MR) is 84.5 cm³/mol. The summed E-state index contributed by atoms with van der Waals surface area (Å²) in [5.74, 6) is 0.354. The minimum Gasteiger partial charge on any atom is -0.495 e. The van der Waals surface area contributed by atoms with E-state index in [1.807, 2.05) is 56.3 Å². The summed E-state index contributed by atoms with van der Waals surface area (Å²) in [6.45, 7) is 3.95. The van der Waals surface area contributed by atoms with Crippen molar-refractivity contribution in [2.75, 3.05) is 12.4 Å². The van der Waals surface area contributed by atoms with Crippen LogP contribution in [0.4, 0.5) is 5.69 Å². The van der Waals surface area contributed by atoms with Crippen molar-refractivity contribution in [2.24, 2.45) is 5.73 Å². The first-order chi connectivity index (χ1) is 10.0. The molecule has 2 aromatic rings. The molecular weight excluding hydrogens is 264 g/mol. The number of anilines is 1. The van der Waals surface area contributed by atoms with Crippen molar-refractivity contribution >= 4 is 11.6 Å². The molecule has 2 rings (SSSR count). The van der Waals surface area contributed by atoms with Crippen LogP contribution in [-0.4, -0.2) is 13.0 Å². The molecule has 0 aliphatic carbocycles. The minimum atomic E-state index is -0.712. The fraction of sp³-hybridized carbons (Fsp3) is 0.235. The monoisotopic (exact) mass is 284 g/mol. The highest BCUT2D eigenvalue weighted by Gasteiger charge is 2.17. The van der Waals surface area contributed by atoms with Gasteiger partial charge in [-0.1, -0.05) is 35.9 Å². The molecule has 0 radical (unpaired) electrons. The van der Waals surface area contributed by atoms with E-state index < -0.39 is 6.04 Å². The molecule has 1 unspecified atom stereocenters. The van der Waals surface area contributed by atoms with Crippen LogP contribution in [0.15, 0.2) is 42.5 Å². The molecule has 0 aliphatic heterocycles. The van der Waals surface area contributed by atoms with E-state index in [9.17, 15) is 4.79 Å². The lowest BCUT2D eigenvalue weighted by atomic mass is 10.1. The van der Waals surface area contributed by atoms with E-state index in [1.165, 1.54) is 0 Å². The predicted octanol–water partition coefficient (Wildman–Crippen LogP) is 2.95. The molecule has 21 heavy (non-hydrogen) atoms. The zero-order valence-electron chi connectivity index (χ0n) is 12.5. The zero-order valence-corrected chi connectivity index (χ0v) is 12.5. The fourth-order valence-corrected chi connectivity index (χ4v) is 2.06. The third-order valence-electron chi connectivity index (χ3n) is 3.33. The average Bonchev–Trinajstić information content (AvgIpc) is 2.47. The number of nitrogens with one attached hydrogen (secondary N) is 1. The molecule has 0 bridgehead atoms. The molecule has 3 N–H and O–H groups in total. The second-order valence-corrected chi connectivity index (χ2v) is 5.08. The molecule has 0 saturated carbocycles. The molecule has 0 aromatic heterocycles. The number of methoxy groups -OCH3 is 1. The Hall–Kier alpha value is -2.33. The molecule has 0 fully saturated rings. The lowest BCUT2D eigenvalue weighted by Crippen LogP contribution is -2.27. The highest BCUT2D eigenvalue weighted by atomic mass is 16.5. The maximum atomic E-state index is 12.3. The number of nitrogens with two attached hydrogens (primary N) is 1. The molecule has 4 heteroatoms. The molecule has 0 heterocycles. The number of hydrogen-bond donors (Lipinski definition) is 2. The third-order valence-corrected chi connectivity index (χ3v) is 3.33. The SMILES string of the molecule is COc1ccc(C)cc1NC(=O)C(N)c1ccc(C)cc1. The van der Waals surface area contributed by atoms with Crippen molar-refractivity contribution in [1.82, 2.24) is 0 Å². The van der Waals surface area contributed by atoms with E-state index in [2.05, 4.69) is 5.32 Å². The van der Waals surface area contributed by atoms with Gasteiger partial charge in [0.2, 0.25) is 5.91 Å². The Morgan fingerprint density at radius 1 is 1.10 bits per heavy atom. The van der Waals surface area contributed by atoms with Gasteiger partial charge in [0.15, 0.2) is 0 Å². The van der Waals surface area contributed by atoms with Crippen molar-refractivity contribution in [3.8, 4) is 5.75 Å². The quantitative estimate of drug-likeness (QED) is 0.907. The van der Waals surface area contributed by atoms with E-state index in [0.29, 0.717) is 11.4 Å². The Morgan fingerprint density at radius 3 is 2.33 bits per heavy atom. The molecular formula is C17H20N2O2.